The highest BCUT2D eigenvalue weighted by molar-refractivity contribution is 6.13. The SMILES string of the molecule is COc1c(COCN)ccc(N)c1C(=N)/C=C/c1ccc2c(c1)CCO2. The van der Waals surface area contributed by atoms with E-state index in [9.17, 15) is 0 Å². The van der Waals surface area contributed by atoms with Crippen LogP contribution in [0.3, 0.4) is 0 Å². The molecule has 2 aromatic rings. The quantitative estimate of drug-likeness (QED) is 0.403. The number of methoxy groups -OCH3 is 1. The van der Waals surface area contributed by atoms with Crippen LogP contribution in [0, 0.1) is 5.41 Å². The Bertz CT molecular complexity index is 846. The van der Waals surface area contributed by atoms with Crippen molar-refractivity contribution in [3.8, 4) is 11.5 Å². The minimum atomic E-state index is 0.113. The summed E-state index contributed by atoms with van der Waals surface area (Å²) in [5, 5.41) is 8.45. The predicted octanol–water partition coefficient (Wildman–Crippen LogP) is 2.73. The van der Waals surface area contributed by atoms with E-state index in [4.69, 9.17) is 31.1 Å². The highest BCUT2D eigenvalue weighted by Crippen LogP contribution is 2.31. The minimum Gasteiger partial charge on any atom is -0.496 e. The molecule has 0 saturated carbocycles. The third kappa shape index (κ3) is 3.71. The fraction of sp³-hybridized carbons (Fsp3) is 0.250. The molecule has 0 atom stereocenters. The molecule has 5 N–H and O–H groups in total. The number of hydrogen-bond donors (Lipinski definition) is 3. The van der Waals surface area contributed by atoms with Gasteiger partial charge in [-0.3, -0.25) is 0 Å². The molecule has 0 fully saturated rings. The average molecular weight is 353 g/mol. The molecule has 0 amide bonds. The van der Waals surface area contributed by atoms with Crippen LogP contribution < -0.4 is 20.9 Å². The van der Waals surface area contributed by atoms with Gasteiger partial charge in [-0.05, 0) is 35.4 Å². The van der Waals surface area contributed by atoms with Crippen molar-refractivity contribution in [3.63, 3.8) is 0 Å². The van der Waals surface area contributed by atoms with Crippen LogP contribution in [-0.4, -0.2) is 26.2 Å². The fourth-order valence-corrected chi connectivity index (χ4v) is 3.01. The molecule has 2 aromatic carbocycles. The standard InChI is InChI=1S/C20H23N3O3/c1-24-20-15(11-25-12-21)4-6-17(23)19(20)16(22)5-2-13-3-7-18-14(10-13)8-9-26-18/h2-7,10,22H,8-9,11-12,21,23H2,1H3/b5-2+,22-16?. The molecular weight excluding hydrogens is 330 g/mol. The first-order chi connectivity index (χ1) is 12.6. The van der Waals surface area contributed by atoms with Crippen molar-refractivity contribution in [1.29, 1.82) is 5.41 Å². The van der Waals surface area contributed by atoms with Gasteiger partial charge in [-0.15, -0.1) is 0 Å². The second-order valence-electron chi connectivity index (χ2n) is 5.95. The predicted molar refractivity (Wildman–Crippen MR) is 103 cm³/mol. The second-order valence-corrected chi connectivity index (χ2v) is 5.95. The lowest BCUT2D eigenvalue weighted by Gasteiger charge is -2.15. The largest absolute Gasteiger partial charge is 0.496 e. The van der Waals surface area contributed by atoms with Gasteiger partial charge >= 0.3 is 0 Å². The Morgan fingerprint density at radius 1 is 1.31 bits per heavy atom. The van der Waals surface area contributed by atoms with Crippen LogP contribution in [0.25, 0.3) is 6.08 Å². The monoisotopic (exact) mass is 353 g/mol. The van der Waals surface area contributed by atoms with E-state index in [-0.39, 0.29) is 12.4 Å². The van der Waals surface area contributed by atoms with E-state index in [2.05, 4.69) is 6.07 Å². The molecule has 3 rings (SSSR count). The molecule has 1 aliphatic rings. The molecule has 0 bridgehead atoms. The number of fused-ring (bicyclic) bond motifs is 1. The van der Waals surface area contributed by atoms with Gasteiger partial charge in [0.2, 0.25) is 0 Å². The summed E-state index contributed by atoms with van der Waals surface area (Å²) in [7, 11) is 1.56. The van der Waals surface area contributed by atoms with Gasteiger partial charge in [0, 0.05) is 17.7 Å². The van der Waals surface area contributed by atoms with Crippen LogP contribution >= 0.6 is 0 Å². The third-order valence-electron chi connectivity index (χ3n) is 4.28. The van der Waals surface area contributed by atoms with Crippen molar-refractivity contribution in [2.75, 3.05) is 26.2 Å². The van der Waals surface area contributed by atoms with Crippen molar-refractivity contribution in [2.24, 2.45) is 5.73 Å². The topological polar surface area (TPSA) is 104 Å². The number of nitrogen functional groups attached to an aromatic ring is 1. The zero-order valence-corrected chi connectivity index (χ0v) is 14.7. The summed E-state index contributed by atoms with van der Waals surface area (Å²) in [6.07, 6.45) is 4.53. The number of nitrogens with one attached hydrogen (secondary N) is 1. The first-order valence-electron chi connectivity index (χ1n) is 8.40. The fourth-order valence-electron chi connectivity index (χ4n) is 3.01. The molecule has 0 aromatic heterocycles. The lowest BCUT2D eigenvalue weighted by molar-refractivity contribution is 0.125. The summed E-state index contributed by atoms with van der Waals surface area (Å²) in [5.41, 5.74) is 15.8. The van der Waals surface area contributed by atoms with Crippen molar-refractivity contribution >= 4 is 17.5 Å². The zero-order valence-electron chi connectivity index (χ0n) is 14.7. The number of rotatable bonds is 7. The zero-order chi connectivity index (χ0) is 18.5. The maximum Gasteiger partial charge on any atom is 0.135 e. The molecule has 26 heavy (non-hydrogen) atoms. The number of nitrogens with two attached hydrogens (primary N) is 2. The molecule has 0 unspecified atom stereocenters. The summed E-state index contributed by atoms with van der Waals surface area (Å²) < 4.78 is 16.3. The van der Waals surface area contributed by atoms with Gasteiger partial charge in [-0.1, -0.05) is 18.2 Å². The van der Waals surface area contributed by atoms with Crippen molar-refractivity contribution in [1.82, 2.24) is 0 Å². The van der Waals surface area contributed by atoms with Crippen LogP contribution in [0.2, 0.25) is 0 Å². The Morgan fingerprint density at radius 3 is 2.92 bits per heavy atom. The van der Waals surface area contributed by atoms with Gasteiger partial charge in [0.15, 0.2) is 0 Å². The Kier molecular flexibility index (Phi) is 5.55. The summed E-state index contributed by atoms with van der Waals surface area (Å²) in [4.78, 5) is 0. The third-order valence-corrected chi connectivity index (χ3v) is 4.28. The van der Waals surface area contributed by atoms with Crippen molar-refractivity contribution in [3.05, 3.63) is 58.7 Å². The molecule has 6 nitrogen and oxygen atoms in total. The number of ether oxygens (including phenoxy) is 3. The Morgan fingerprint density at radius 2 is 2.15 bits per heavy atom. The molecule has 1 heterocycles. The van der Waals surface area contributed by atoms with Gasteiger partial charge < -0.3 is 31.1 Å². The summed E-state index contributed by atoms with van der Waals surface area (Å²) >= 11 is 0. The van der Waals surface area contributed by atoms with Gasteiger partial charge in [-0.2, -0.15) is 0 Å². The number of allylic oxidation sites excluding steroid dienone is 1. The van der Waals surface area contributed by atoms with E-state index >= 15 is 0 Å². The number of benzene rings is 2. The Balaban J connectivity index is 1.87. The van der Waals surface area contributed by atoms with Gasteiger partial charge in [0.25, 0.3) is 0 Å². The molecule has 0 saturated heterocycles. The number of hydrogen-bond acceptors (Lipinski definition) is 6. The Hall–Kier alpha value is -2.83. The van der Waals surface area contributed by atoms with E-state index in [0.29, 0.717) is 23.6 Å². The van der Waals surface area contributed by atoms with E-state index in [0.717, 1.165) is 29.9 Å². The smallest absolute Gasteiger partial charge is 0.135 e. The van der Waals surface area contributed by atoms with Crippen LogP contribution in [-0.2, 0) is 17.8 Å². The molecule has 0 radical (unpaired) electrons. The van der Waals surface area contributed by atoms with Crippen LogP contribution in [0.1, 0.15) is 22.3 Å². The number of anilines is 1. The molecule has 0 aliphatic carbocycles. The van der Waals surface area contributed by atoms with Gasteiger partial charge in [0.1, 0.15) is 11.5 Å². The second kappa shape index (κ2) is 8.03. The van der Waals surface area contributed by atoms with Gasteiger partial charge in [0.05, 0.1) is 38.3 Å². The van der Waals surface area contributed by atoms with Gasteiger partial charge in [-0.25, -0.2) is 0 Å². The highest BCUT2D eigenvalue weighted by atomic mass is 16.5. The molecule has 0 spiro atoms. The van der Waals surface area contributed by atoms with E-state index in [1.54, 1.807) is 19.3 Å². The lowest BCUT2D eigenvalue weighted by Crippen LogP contribution is -2.09. The Labute approximate surface area is 152 Å². The highest BCUT2D eigenvalue weighted by Gasteiger charge is 2.16. The maximum atomic E-state index is 8.45. The normalized spacial score (nSPS) is 12.8. The van der Waals surface area contributed by atoms with E-state index < -0.39 is 0 Å². The summed E-state index contributed by atoms with van der Waals surface area (Å²) in [6, 6.07) is 9.59. The first-order valence-corrected chi connectivity index (χ1v) is 8.40. The van der Waals surface area contributed by atoms with Crippen molar-refractivity contribution < 1.29 is 14.2 Å². The molecule has 1 aliphatic heterocycles. The molecule has 136 valence electrons. The molecular formula is C20H23N3O3. The van der Waals surface area contributed by atoms with E-state index in [1.165, 1.54) is 5.56 Å². The average Bonchev–Trinajstić information content (AvgIpc) is 3.12. The lowest BCUT2D eigenvalue weighted by atomic mass is 10.0. The van der Waals surface area contributed by atoms with E-state index in [1.807, 2.05) is 24.3 Å². The maximum absolute atomic E-state index is 8.45. The van der Waals surface area contributed by atoms with Crippen LogP contribution in [0.15, 0.2) is 36.4 Å². The summed E-state index contributed by atoms with van der Waals surface area (Å²) in [5.74, 6) is 1.48. The first kappa shape index (κ1) is 18.0. The van der Waals surface area contributed by atoms with Crippen LogP contribution in [0.5, 0.6) is 11.5 Å². The van der Waals surface area contributed by atoms with Crippen molar-refractivity contribution in [2.45, 2.75) is 13.0 Å². The minimum absolute atomic E-state index is 0.113. The summed E-state index contributed by atoms with van der Waals surface area (Å²) in [6.45, 7) is 1.14. The van der Waals surface area contributed by atoms with Crippen LogP contribution in [0.4, 0.5) is 5.69 Å². The molecule has 6 heteroatoms.